The Morgan fingerprint density at radius 1 is 0.431 bits per heavy atom. The van der Waals surface area contributed by atoms with Gasteiger partial charge in [0.15, 0.2) is 0 Å². The lowest BCUT2D eigenvalue weighted by molar-refractivity contribution is -0.123. The minimum atomic E-state index is -0.895. The standard InChI is InChI=1S/C54H85NO3/c1-3-5-7-9-11-13-15-17-19-20-21-22-23-24-25-26-27-28-29-30-31-32-33-34-36-38-40-42-44-46-48-50-54(58)55-52(51-56)53(57)49-47-45-43-41-39-37-35-18-16-14-12-10-8-6-4-2/h5,7,11,13,16-19,21-22,24-25,27-28,30-31,33-34,38-41,47,49,52-53,56-57H,3-4,6,8-10,12,14-15,20,23,26,29,32,35-37,42-46,48,50-51H2,1-2H3,(H,55,58)/b7-5-,13-11-,18-16+,19-17-,22-21-,25-24-,28-27-,31-30-,34-33-,40-38-,41-39+,49-47+. The van der Waals surface area contributed by atoms with Crippen LogP contribution in [0.3, 0.4) is 0 Å². The van der Waals surface area contributed by atoms with Crippen LogP contribution in [-0.2, 0) is 4.79 Å². The second kappa shape index (κ2) is 47.6. The van der Waals surface area contributed by atoms with Crippen molar-refractivity contribution >= 4 is 5.91 Å². The van der Waals surface area contributed by atoms with Crippen molar-refractivity contribution in [2.24, 2.45) is 0 Å². The fourth-order valence-corrected chi connectivity index (χ4v) is 5.79. The zero-order valence-electron chi connectivity index (χ0n) is 37.0. The van der Waals surface area contributed by atoms with Crippen molar-refractivity contribution in [3.63, 3.8) is 0 Å². The van der Waals surface area contributed by atoms with Gasteiger partial charge in [0.25, 0.3) is 0 Å². The molecule has 0 aromatic carbocycles. The summed E-state index contributed by atoms with van der Waals surface area (Å²) >= 11 is 0. The first kappa shape index (κ1) is 54.3. The minimum Gasteiger partial charge on any atom is -0.394 e. The molecule has 0 aliphatic carbocycles. The van der Waals surface area contributed by atoms with Crippen LogP contribution in [0, 0.1) is 0 Å². The topological polar surface area (TPSA) is 69.6 Å². The predicted molar refractivity (Wildman–Crippen MR) is 257 cm³/mol. The highest BCUT2D eigenvalue weighted by Gasteiger charge is 2.17. The summed E-state index contributed by atoms with van der Waals surface area (Å²) in [5, 5.41) is 22.9. The number of carbonyl (C=O) groups is 1. The van der Waals surface area contributed by atoms with Crippen LogP contribution in [0.1, 0.15) is 168 Å². The number of aliphatic hydroxyl groups excluding tert-OH is 2. The van der Waals surface area contributed by atoms with Gasteiger partial charge in [0.2, 0.25) is 5.91 Å². The molecule has 0 spiro atoms. The minimum absolute atomic E-state index is 0.118. The van der Waals surface area contributed by atoms with E-state index < -0.39 is 12.1 Å². The van der Waals surface area contributed by atoms with Crippen molar-refractivity contribution < 1.29 is 15.0 Å². The van der Waals surface area contributed by atoms with Gasteiger partial charge in [-0.3, -0.25) is 4.79 Å². The van der Waals surface area contributed by atoms with Crippen LogP contribution in [0.2, 0.25) is 0 Å². The Hall–Kier alpha value is -3.73. The second-order valence-electron chi connectivity index (χ2n) is 14.7. The third-order valence-corrected chi connectivity index (χ3v) is 9.28. The fourth-order valence-electron chi connectivity index (χ4n) is 5.79. The number of nitrogens with one attached hydrogen (secondary N) is 1. The summed E-state index contributed by atoms with van der Waals surface area (Å²) < 4.78 is 0. The summed E-state index contributed by atoms with van der Waals surface area (Å²) in [4.78, 5) is 12.4. The molecule has 0 aromatic rings. The Morgan fingerprint density at radius 3 is 1.19 bits per heavy atom. The van der Waals surface area contributed by atoms with Crippen molar-refractivity contribution in [3.8, 4) is 0 Å². The smallest absolute Gasteiger partial charge is 0.220 e. The molecule has 4 nitrogen and oxygen atoms in total. The summed E-state index contributed by atoms with van der Waals surface area (Å²) in [5.41, 5.74) is 0. The average Bonchev–Trinajstić information content (AvgIpc) is 3.23. The molecule has 0 rings (SSSR count). The van der Waals surface area contributed by atoms with Crippen molar-refractivity contribution in [3.05, 3.63) is 146 Å². The van der Waals surface area contributed by atoms with Crippen LogP contribution < -0.4 is 5.32 Å². The lowest BCUT2D eigenvalue weighted by atomic mass is 10.1. The maximum absolute atomic E-state index is 12.4. The van der Waals surface area contributed by atoms with Crippen LogP contribution in [0.25, 0.3) is 0 Å². The highest BCUT2D eigenvalue weighted by atomic mass is 16.3. The van der Waals surface area contributed by atoms with Crippen LogP contribution in [0.15, 0.2) is 146 Å². The molecule has 0 bridgehead atoms. The van der Waals surface area contributed by atoms with Gasteiger partial charge in [-0.15, -0.1) is 0 Å². The molecule has 0 radical (unpaired) electrons. The lowest BCUT2D eigenvalue weighted by Gasteiger charge is -2.19. The van der Waals surface area contributed by atoms with E-state index in [0.717, 1.165) is 109 Å². The molecule has 0 aliphatic rings. The van der Waals surface area contributed by atoms with E-state index in [2.05, 4.69) is 153 Å². The van der Waals surface area contributed by atoms with Crippen LogP contribution >= 0.6 is 0 Å². The number of amides is 1. The Bertz CT molecular complexity index is 1270. The molecule has 3 N–H and O–H groups in total. The Kier molecular flexibility index (Phi) is 44.6. The zero-order chi connectivity index (χ0) is 42.1. The van der Waals surface area contributed by atoms with Gasteiger partial charge in [0.05, 0.1) is 18.8 Å². The number of hydrogen-bond donors (Lipinski definition) is 3. The molecule has 324 valence electrons. The molecular weight excluding hydrogens is 711 g/mol. The Morgan fingerprint density at radius 2 is 0.776 bits per heavy atom. The van der Waals surface area contributed by atoms with Gasteiger partial charge in [-0.1, -0.05) is 192 Å². The second-order valence-corrected chi connectivity index (χ2v) is 14.7. The Labute approximate surface area is 357 Å². The van der Waals surface area contributed by atoms with Gasteiger partial charge in [-0.05, 0) is 116 Å². The van der Waals surface area contributed by atoms with Gasteiger partial charge in [-0.25, -0.2) is 0 Å². The number of carbonyl (C=O) groups excluding carboxylic acids is 1. The SMILES string of the molecule is CC/C=C\C/C=C\C/C=C\C/C=C\C/C=C\C/C=C\C/C=C\C/C=C\C/C=C\CCCCCC(=O)NC(CO)C(O)/C=C/CC/C=C/CC/C=C/CCCCCCC. The molecule has 0 saturated carbocycles. The first-order chi connectivity index (χ1) is 28.7. The van der Waals surface area contributed by atoms with Crippen molar-refractivity contribution in [2.45, 2.75) is 180 Å². The molecule has 0 fully saturated rings. The summed E-state index contributed by atoms with van der Waals surface area (Å²) in [6, 6.07) is -0.674. The highest BCUT2D eigenvalue weighted by Crippen LogP contribution is 2.08. The first-order valence-corrected chi connectivity index (χ1v) is 23.0. The molecule has 58 heavy (non-hydrogen) atoms. The number of aliphatic hydroxyl groups is 2. The van der Waals surface area contributed by atoms with E-state index in [9.17, 15) is 15.0 Å². The molecular formula is C54H85NO3. The molecule has 2 unspecified atom stereocenters. The maximum Gasteiger partial charge on any atom is 0.220 e. The van der Waals surface area contributed by atoms with Gasteiger partial charge >= 0.3 is 0 Å². The molecule has 1 amide bonds. The van der Waals surface area contributed by atoms with E-state index in [1.807, 2.05) is 6.08 Å². The quantitative estimate of drug-likeness (QED) is 0.0429. The third-order valence-electron chi connectivity index (χ3n) is 9.28. The molecule has 0 aliphatic heterocycles. The van der Waals surface area contributed by atoms with Gasteiger partial charge in [0, 0.05) is 6.42 Å². The van der Waals surface area contributed by atoms with Crippen LogP contribution in [-0.4, -0.2) is 34.9 Å². The van der Waals surface area contributed by atoms with E-state index in [4.69, 9.17) is 0 Å². The number of hydrogen-bond acceptors (Lipinski definition) is 3. The predicted octanol–water partition coefficient (Wildman–Crippen LogP) is 14.9. The molecule has 0 aromatic heterocycles. The largest absolute Gasteiger partial charge is 0.394 e. The number of allylic oxidation sites excluding steroid dienone is 23. The van der Waals surface area contributed by atoms with Crippen molar-refractivity contribution in [1.29, 1.82) is 0 Å². The van der Waals surface area contributed by atoms with E-state index in [1.165, 1.54) is 38.5 Å². The van der Waals surface area contributed by atoms with Crippen LogP contribution in [0.5, 0.6) is 0 Å². The zero-order valence-corrected chi connectivity index (χ0v) is 37.0. The normalized spacial score (nSPS) is 14.3. The average molecular weight is 796 g/mol. The van der Waals surface area contributed by atoms with Gasteiger partial charge in [-0.2, -0.15) is 0 Å². The van der Waals surface area contributed by atoms with Crippen molar-refractivity contribution in [1.82, 2.24) is 5.32 Å². The third kappa shape index (κ3) is 43.4. The molecule has 4 heteroatoms. The van der Waals surface area contributed by atoms with E-state index in [1.54, 1.807) is 6.08 Å². The summed E-state index contributed by atoms with van der Waals surface area (Å²) in [6.07, 6.45) is 76.7. The summed E-state index contributed by atoms with van der Waals surface area (Å²) in [7, 11) is 0. The van der Waals surface area contributed by atoms with E-state index >= 15 is 0 Å². The summed E-state index contributed by atoms with van der Waals surface area (Å²) in [5.74, 6) is -0.118. The highest BCUT2D eigenvalue weighted by molar-refractivity contribution is 5.76. The van der Waals surface area contributed by atoms with Gasteiger partial charge < -0.3 is 15.5 Å². The maximum atomic E-state index is 12.4. The monoisotopic (exact) mass is 796 g/mol. The van der Waals surface area contributed by atoms with E-state index in [-0.39, 0.29) is 12.5 Å². The molecule has 0 heterocycles. The number of unbranched alkanes of at least 4 members (excludes halogenated alkanes) is 10. The Balaban J connectivity index is 3.80. The lowest BCUT2D eigenvalue weighted by Crippen LogP contribution is -2.45. The fraction of sp³-hybridized carbons (Fsp3) is 0.537. The number of rotatable bonds is 39. The molecule has 0 saturated heterocycles. The van der Waals surface area contributed by atoms with E-state index in [0.29, 0.717) is 6.42 Å². The first-order valence-electron chi connectivity index (χ1n) is 23.0. The summed E-state index contributed by atoms with van der Waals surface area (Å²) in [6.45, 7) is 4.12. The van der Waals surface area contributed by atoms with Gasteiger partial charge in [0.1, 0.15) is 0 Å². The molecule has 2 atom stereocenters. The van der Waals surface area contributed by atoms with Crippen LogP contribution in [0.4, 0.5) is 0 Å². The van der Waals surface area contributed by atoms with Crippen molar-refractivity contribution in [2.75, 3.05) is 6.61 Å².